The highest BCUT2D eigenvalue weighted by atomic mass is 35.5. The molecule has 0 aromatic heterocycles. The number of benzene rings is 1. The lowest BCUT2D eigenvalue weighted by Crippen LogP contribution is -2.31. The molecular weight excluding hydrogens is 338 g/mol. The summed E-state index contributed by atoms with van der Waals surface area (Å²) in [5, 5.41) is 5.97. The van der Waals surface area contributed by atoms with Crippen molar-refractivity contribution < 1.29 is 9.59 Å². The van der Waals surface area contributed by atoms with Crippen LogP contribution >= 0.6 is 12.4 Å². The fraction of sp³-hybridized carbons (Fsp3) is 0.368. The van der Waals surface area contributed by atoms with Crippen LogP contribution in [0.4, 0.5) is 5.69 Å². The van der Waals surface area contributed by atoms with Crippen LogP contribution in [0.25, 0.3) is 0 Å². The summed E-state index contributed by atoms with van der Waals surface area (Å²) < 4.78 is 0. The van der Waals surface area contributed by atoms with E-state index in [2.05, 4.69) is 23.8 Å². The van der Waals surface area contributed by atoms with Crippen LogP contribution in [0.15, 0.2) is 49.6 Å². The second-order valence-electron chi connectivity index (χ2n) is 5.99. The minimum Gasteiger partial charge on any atom is -0.331 e. The van der Waals surface area contributed by atoms with Crippen LogP contribution in [0.2, 0.25) is 0 Å². The maximum Gasteiger partial charge on any atom is 0.254 e. The Labute approximate surface area is 155 Å². The largest absolute Gasteiger partial charge is 0.331 e. The number of nitrogens with zero attached hydrogens (tertiary/aromatic N) is 1. The normalized spacial score (nSPS) is 12.6. The molecule has 6 heteroatoms. The molecule has 25 heavy (non-hydrogen) atoms. The van der Waals surface area contributed by atoms with E-state index in [-0.39, 0.29) is 24.2 Å². The fourth-order valence-corrected chi connectivity index (χ4v) is 2.35. The van der Waals surface area contributed by atoms with Gasteiger partial charge in [0.25, 0.3) is 5.91 Å². The van der Waals surface area contributed by atoms with Gasteiger partial charge in [0.05, 0.1) is 6.54 Å². The van der Waals surface area contributed by atoms with Crippen LogP contribution in [0.3, 0.4) is 0 Å². The van der Waals surface area contributed by atoms with Gasteiger partial charge in [-0.15, -0.1) is 25.6 Å². The summed E-state index contributed by atoms with van der Waals surface area (Å²) >= 11 is 0. The van der Waals surface area contributed by atoms with Crippen molar-refractivity contribution in [3.63, 3.8) is 0 Å². The first-order valence-electron chi connectivity index (χ1n) is 8.25. The lowest BCUT2D eigenvalue weighted by Gasteiger charge is -2.19. The standard InChI is InChI=1S/C19H25N3O2.ClH/c1-3-11-22(12-4-2)19(24)16-7-9-17(10-8-16)21-18(23)14-20-13-15-5-6-15;/h3-4,7-10,15,20H,1-2,5-6,11-14H2,(H,21,23);1H. The Morgan fingerprint density at radius 3 is 2.24 bits per heavy atom. The minimum absolute atomic E-state index is 0. The predicted octanol–water partition coefficient (Wildman–Crippen LogP) is 2.86. The highest BCUT2D eigenvalue weighted by molar-refractivity contribution is 5.96. The van der Waals surface area contributed by atoms with Gasteiger partial charge in [-0.2, -0.15) is 0 Å². The molecule has 1 fully saturated rings. The van der Waals surface area contributed by atoms with Crippen molar-refractivity contribution in [1.29, 1.82) is 0 Å². The zero-order chi connectivity index (χ0) is 17.4. The number of halogens is 1. The van der Waals surface area contributed by atoms with E-state index >= 15 is 0 Å². The molecule has 0 spiro atoms. The Kier molecular flexibility index (Phi) is 8.95. The fourth-order valence-electron chi connectivity index (χ4n) is 2.35. The summed E-state index contributed by atoms with van der Waals surface area (Å²) in [4.78, 5) is 25.9. The molecule has 0 aliphatic heterocycles. The van der Waals surface area contributed by atoms with Crippen LogP contribution in [-0.4, -0.2) is 42.9 Å². The van der Waals surface area contributed by atoms with Gasteiger partial charge in [-0.25, -0.2) is 0 Å². The van der Waals surface area contributed by atoms with Crippen molar-refractivity contribution in [3.05, 3.63) is 55.1 Å². The van der Waals surface area contributed by atoms with Gasteiger partial charge in [-0.1, -0.05) is 12.2 Å². The van der Waals surface area contributed by atoms with Gasteiger partial charge in [-0.05, 0) is 49.6 Å². The van der Waals surface area contributed by atoms with Crippen LogP contribution in [0.1, 0.15) is 23.2 Å². The molecule has 1 aromatic carbocycles. The molecule has 0 heterocycles. The quantitative estimate of drug-likeness (QED) is 0.628. The van der Waals surface area contributed by atoms with Gasteiger partial charge < -0.3 is 15.5 Å². The lowest BCUT2D eigenvalue weighted by molar-refractivity contribution is -0.115. The second kappa shape index (κ2) is 10.7. The first-order valence-corrected chi connectivity index (χ1v) is 8.25. The number of hydrogen-bond acceptors (Lipinski definition) is 3. The Hall–Kier alpha value is -2.11. The molecular formula is C19H26ClN3O2. The van der Waals surface area contributed by atoms with Crippen molar-refractivity contribution in [2.75, 3.05) is 31.5 Å². The average Bonchev–Trinajstić information content (AvgIpc) is 3.39. The van der Waals surface area contributed by atoms with E-state index < -0.39 is 0 Å². The topological polar surface area (TPSA) is 61.4 Å². The number of amides is 2. The van der Waals surface area contributed by atoms with E-state index in [1.54, 1.807) is 41.3 Å². The maximum atomic E-state index is 12.4. The third kappa shape index (κ3) is 7.11. The molecule has 136 valence electrons. The molecule has 1 saturated carbocycles. The summed E-state index contributed by atoms with van der Waals surface area (Å²) in [6.45, 7) is 9.48. The number of nitrogens with one attached hydrogen (secondary N) is 2. The zero-order valence-corrected chi connectivity index (χ0v) is 15.2. The number of carbonyl (C=O) groups is 2. The van der Waals surface area contributed by atoms with E-state index in [9.17, 15) is 9.59 Å². The van der Waals surface area contributed by atoms with E-state index in [0.717, 1.165) is 12.5 Å². The molecule has 1 aliphatic carbocycles. The van der Waals surface area contributed by atoms with Gasteiger partial charge >= 0.3 is 0 Å². The first-order chi connectivity index (χ1) is 11.6. The highest BCUT2D eigenvalue weighted by Gasteiger charge is 2.20. The molecule has 0 radical (unpaired) electrons. The molecule has 0 atom stereocenters. The van der Waals surface area contributed by atoms with E-state index in [0.29, 0.717) is 30.9 Å². The summed E-state index contributed by atoms with van der Waals surface area (Å²) in [6, 6.07) is 6.92. The van der Waals surface area contributed by atoms with Crippen LogP contribution in [-0.2, 0) is 4.79 Å². The Bertz CT molecular complexity index is 587. The number of rotatable bonds is 10. The Balaban J connectivity index is 0.00000312. The molecule has 1 aliphatic rings. The summed E-state index contributed by atoms with van der Waals surface area (Å²) in [5.41, 5.74) is 1.26. The maximum absolute atomic E-state index is 12.4. The van der Waals surface area contributed by atoms with Crippen molar-refractivity contribution in [3.8, 4) is 0 Å². The number of hydrogen-bond donors (Lipinski definition) is 2. The average molecular weight is 364 g/mol. The number of carbonyl (C=O) groups excluding carboxylic acids is 2. The van der Waals surface area contributed by atoms with Crippen molar-refractivity contribution in [2.45, 2.75) is 12.8 Å². The monoisotopic (exact) mass is 363 g/mol. The summed E-state index contributed by atoms with van der Waals surface area (Å²) in [6.07, 6.45) is 5.90. The third-order valence-corrected chi connectivity index (χ3v) is 3.82. The molecule has 5 nitrogen and oxygen atoms in total. The molecule has 2 amide bonds. The van der Waals surface area contributed by atoms with E-state index in [1.807, 2.05) is 0 Å². The number of anilines is 1. The van der Waals surface area contributed by atoms with Gasteiger partial charge in [0, 0.05) is 24.3 Å². The molecule has 0 unspecified atom stereocenters. The zero-order valence-electron chi connectivity index (χ0n) is 14.4. The third-order valence-electron chi connectivity index (χ3n) is 3.82. The Morgan fingerprint density at radius 2 is 1.72 bits per heavy atom. The SMILES string of the molecule is C=CCN(CC=C)C(=O)c1ccc(NC(=O)CNCC2CC2)cc1.Cl. The molecule has 2 N–H and O–H groups in total. The van der Waals surface area contributed by atoms with E-state index in [4.69, 9.17) is 0 Å². The van der Waals surface area contributed by atoms with Crippen LogP contribution in [0, 0.1) is 5.92 Å². The van der Waals surface area contributed by atoms with Crippen molar-refractivity contribution >= 4 is 29.9 Å². The van der Waals surface area contributed by atoms with Gasteiger partial charge in [0.15, 0.2) is 0 Å². The first kappa shape index (κ1) is 20.9. The van der Waals surface area contributed by atoms with Gasteiger partial charge in [0.1, 0.15) is 0 Å². The Morgan fingerprint density at radius 1 is 1.12 bits per heavy atom. The molecule has 2 rings (SSSR count). The predicted molar refractivity (Wildman–Crippen MR) is 104 cm³/mol. The van der Waals surface area contributed by atoms with Crippen LogP contribution < -0.4 is 10.6 Å². The minimum atomic E-state index is -0.0845. The molecule has 1 aromatic rings. The van der Waals surface area contributed by atoms with E-state index in [1.165, 1.54) is 12.8 Å². The highest BCUT2D eigenvalue weighted by Crippen LogP contribution is 2.27. The molecule has 0 saturated heterocycles. The second-order valence-corrected chi connectivity index (χ2v) is 5.99. The van der Waals surface area contributed by atoms with Crippen molar-refractivity contribution in [1.82, 2.24) is 10.2 Å². The summed E-state index contributed by atoms with van der Waals surface area (Å²) in [5.74, 6) is 0.589. The van der Waals surface area contributed by atoms with Gasteiger partial charge in [-0.3, -0.25) is 9.59 Å². The van der Waals surface area contributed by atoms with Crippen molar-refractivity contribution in [2.24, 2.45) is 5.92 Å². The molecule has 0 bridgehead atoms. The smallest absolute Gasteiger partial charge is 0.254 e. The van der Waals surface area contributed by atoms with Gasteiger partial charge in [0.2, 0.25) is 5.91 Å². The lowest BCUT2D eigenvalue weighted by atomic mass is 10.1. The summed E-state index contributed by atoms with van der Waals surface area (Å²) in [7, 11) is 0. The van der Waals surface area contributed by atoms with Crippen LogP contribution in [0.5, 0.6) is 0 Å².